The average Bonchev–Trinajstić information content (AvgIpc) is 2.73. The first-order valence-corrected chi connectivity index (χ1v) is 6.38. The van der Waals surface area contributed by atoms with Gasteiger partial charge in [-0.1, -0.05) is 0 Å². The highest BCUT2D eigenvalue weighted by Crippen LogP contribution is 2.22. The van der Waals surface area contributed by atoms with Crippen molar-refractivity contribution < 1.29 is 4.79 Å². The van der Waals surface area contributed by atoms with Crippen molar-refractivity contribution in [3.63, 3.8) is 0 Å². The van der Waals surface area contributed by atoms with Gasteiger partial charge in [0, 0.05) is 4.88 Å². The van der Waals surface area contributed by atoms with E-state index < -0.39 is 5.91 Å². The number of rotatable bonds is 4. The van der Waals surface area contributed by atoms with Crippen LogP contribution in [-0.2, 0) is 6.54 Å². The third-order valence-corrected chi connectivity index (χ3v) is 3.61. The fourth-order valence-corrected chi connectivity index (χ4v) is 2.61. The maximum absolute atomic E-state index is 10.8. The first-order chi connectivity index (χ1) is 8.15. The summed E-state index contributed by atoms with van der Waals surface area (Å²) in [5.74, 6) is 0.0331. The van der Waals surface area contributed by atoms with Gasteiger partial charge in [0.2, 0.25) is 0 Å². The Bertz CT molecular complexity index is 525. The molecule has 2 rings (SSSR count). The fourth-order valence-electron chi connectivity index (χ4n) is 1.18. The predicted molar refractivity (Wildman–Crippen MR) is 69.9 cm³/mol. The highest BCUT2D eigenvalue weighted by molar-refractivity contribution is 9.11. The van der Waals surface area contributed by atoms with Crippen LogP contribution < -0.4 is 11.1 Å². The number of thiophene rings is 1. The molecule has 0 aromatic carbocycles. The van der Waals surface area contributed by atoms with E-state index in [0.717, 1.165) is 3.79 Å². The highest BCUT2D eigenvalue weighted by Gasteiger charge is 2.03. The van der Waals surface area contributed by atoms with Crippen LogP contribution in [-0.4, -0.2) is 16.1 Å². The Morgan fingerprint density at radius 1 is 1.35 bits per heavy atom. The van der Waals surface area contributed by atoms with Gasteiger partial charge in [-0.05, 0) is 40.2 Å². The number of hydrogen-bond acceptors (Lipinski definition) is 5. The standard InChI is InChI=1S/C10H9BrN4OS/c11-8-3-1-6(17-8)5-13-9-4-2-7(10(12)16)14-15-9/h1-4H,5H2,(H2,12,16)(H,13,15). The van der Waals surface area contributed by atoms with Crippen molar-refractivity contribution in [2.45, 2.75) is 6.54 Å². The summed E-state index contributed by atoms with van der Waals surface area (Å²) in [7, 11) is 0. The molecule has 1 amide bonds. The number of primary amides is 1. The van der Waals surface area contributed by atoms with Crippen LogP contribution in [0.15, 0.2) is 28.1 Å². The minimum atomic E-state index is -0.578. The molecule has 2 heterocycles. The van der Waals surface area contributed by atoms with Crippen LogP contribution in [0.5, 0.6) is 0 Å². The molecule has 0 spiro atoms. The van der Waals surface area contributed by atoms with Crippen molar-refractivity contribution in [3.05, 3.63) is 38.6 Å². The zero-order valence-electron chi connectivity index (χ0n) is 8.68. The summed E-state index contributed by atoms with van der Waals surface area (Å²) in [6.45, 7) is 0.668. The Morgan fingerprint density at radius 3 is 2.71 bits per heavy atom. The largest absolute Gasteiger partial charge is 0.364 e. The third-order valence-electron chi connectivity index (χ3n) is 1.99. The van der Waals surface area contributed by atoms with Gasteiger partial charge in [-0.3, -0.25) is 4.79 Å². The molecule has 0 unspecified atom stereocenters. The van der Waals surface area contributed by atoms with Gasteiger partial charge in [0.25, 0.3) is 5.91 Å². The number of aromatic nitrogens is 2. The number of amides is 1. The molecule has 88 valence electrons. The van der Waals surface area contributed by atoms with Crippen LogP contribution >= 0.6 is 27.3 Å². The van der Waals surface area contributed by atoms with Gasteiger partial charge < -0.3 is 11.1 Å². The second-order valence-electron chi connectivity index (χ2n) is 3.23. The van der Waals surface area contributed by atoms with Crippen LogP contribution in [0.2, 0.25) is 0 Å². The Morgan fingerprint density at radius 2 is 2.18 bits per heavy atom. The van der Waals surface area contributed by atoms with E-state index in [1.165, 1.54) is 4.88 Å². The molecule has 0 aliphatic rings. The number of nitrogens with one attached hydrogen (secondary N) is 1. The van der Waals surface area contributed by atoms with E-state index in [1.807, 2.05) is 12.1 Å². The summed E-state index contributed by atoms with van der Waals surface area (Å²) in [6.07, 6.45) is 0. The molecule has 0 atom stereocenters. The lowest BCUT2D eigenvalue weighted by Gasteiger charge is -2.02. The lowest BCUT2D eigenvalue weighted by atomic mass is 10.3. The van der Waals surface area contributed by atoms with Crippen LogP contribution in [0.1, 0.15) is 15.4 Å². The molecule has 5 nitrogen and oxygen atoms in total. The smallest absolute Gasteiger partial charge is 0.269 e. The molecule has 3 N–H and O–H groups in total. The van der Waals surface area contributed by atoms with Crippen molar-refractivity contribution in [1.29, 1.82) is 0 Å². The minimum Gasteiger partial charge on any atom is -0.364 e. The SMILES string of the molecule is NC(=O)c1ccc(NCc2ccc(Br)s2)nn1. The summed E-state index contributed by atoms with van der Waals surface area (Å²) in [4.78, 5) is 12.0. The minimum absolute atomic E-state index is 0.161. The fraction of sp³-hybridized carbons (Fsp3) is 0.100. The molecule has 0 saturated heterocycles. The van der Waals surface area contributed by atoms with Gasteiger partial charge >= 0.3 is 0 Å². The van der Waals surface area contributed by atoms with Gasteiger partial charge in [-0.15, -0.1) is 21.5 Å². The van der Waals surface area contributed by atoms with Gasteiger partial charge in [0.05, 0.1) is 10.3 Å². The first kappa shape index (κ1) is 12.0. The van der Waals surface area contributed by atoms with E-state index in [9.17, 15) is 4.79 Å². The summed E-state index contributed by atoms with van der Waals surface area (Å²) in [5, 5.41) is 10.7. The summed E-state index contributed by atoms with van der Waals surface area (Å²) < 4.78 is 1.09. The topological polar surface area (TPSA) is 80.9 Å². The third kappa shape index (κ3) is 3.24. The molecular weight excluding hydrogens is 304 g/mol. The number of halogens is 1. The molecule has 0 radical (unpaired) electrons. The van der Waals surface area contributed by atoms with E-state index in [1.54, 1.807) is 23.5 Å². The van der Waals surface area contributed by atoms with Gasteiger partial charge in [0.1, 0.15) is 5.82 Å². The molecule has 0 aliphatic carbocycles. The maximum Gasteiger partial charge on any atom is 0.269 e. The maximum atomic E-state index is 10.8. The Labute approximate surface area is 110 Å². The molecule has 2 aromatic rings. The monoisotopic (exact) mass is 312 g/mol. The van der Waals surface area contributed by atoms with Gasteiger partial charge in [-0.2, -0.15) is 0 Å². The Hall–Kier alpha value is -1.47. The predicted octanol–water partition coefficient (Wildman–Crippen LogP) is 2.01. The van der Waals surface area contributed by atoms with Crippen molar-refractivity contribution in [3.8, 4) is 0 Å². The molecule has 0 bridgehead atoms. The van der Waals surface area contributed by atoms with Crippen molar-refractivity contribution in [2.75, 3.05) is 5.32 Å². The normalized spacial score (nSPS) is 10.2. The lowest BCUT2D eigenvalue weighted by Crippen LogP contribution is -2.14. The Kier molecular flexibility index (Phi) is 3.70. The summed E-state index contributed by atoms with van der Waals surface area (Å²) in [6, 6.07) is 7.23. The zero-order chi connectivity index (χ0) is 12.3. The number of nitrogens with two attached hydrogens (primary N) is 1. The van der Waals surface area contributed by atoms with Gasteiger partial charge in [0.15, 0.2) is 5.69 Å². The molecule has 0 saturated carbocycles. The number of carbonyl (C=O) groups is 1. The van der Waals surface area contributed by atoms with E-state index in [-0.39, 0.29) is 5.69 Å². The van der Waals surface area contributed by atoms with Crippen molar-refractivity contribution in [1.82, 2.24) is 10.2 Å². The molecular formula is C10H9BrN4OS. The van der Waals surface area contributed by atoms with E-state index in [4.69, 9.17) is 5.73 Å². The lowest BCUT2D eigenvalue weighted by molar-refractivity contribution is 0.0994. The number of hydrogen-bond donors (Lipinski definition) is 2. The first-order valence-electron chi connectivity index (χ1n) is 4.77. The summed E-state index contributed by atoms with van der Waals surface area (Å²) >= 11 is 5.04. The van der Waals surface area contributed by atoms with E-state index >= 15 is 0 Å². The quantitative estimate of drug-likeness (QED) is 0.905. The van der Waals surface area contributed by atoms with Crippen LogP contribution in [0.4, 0.5) is 5.82 Å². The number of anilines is 1. The van der Waals surface area contributed by atoms with Crippen molar-refractivity contribution >= 4 is 39.0 Å². The molecule has 2 aromatic heterocycles. The van der Waals surface area contributed by atoms with Crippen LogP contribution in [0.25, 0.3) is 0 Å². The molecule has 0 fully saturated rings. The molecule has 17 heavy (non-hydrogen) atoms. The molecule has 7 heteroatoms. The second-order valence-corrected chi connectivity index (χ2v) is 5.78. The average molecular weight is 313 g/mol. The van der Waals surface area contributed by atoms with E-state index in [2.05, 4.69) is 31.4 Å². The summed E-state index contributed by atoms with van der Waals surface area (Å²) in [5.41, 5.74) is 5.23. The van der Waals surface area contributed by atoms with Crippen LogP contribution in [0, 0.1) is 0 Å². The number of carbonyl (C=O) groups excluding carboxylic acids is 1. The molecule has 0 aliphatic heterocycles. The van der Waals surface area contributed by atoms with Gasteiger partial charge in [-0.25, -0.2) is 0 Å². The Balaban J connectivity index is 1.97. The van der Waals surface area contributed by atoms with Crippen molar-refractivity contribution in [2.24, 2.45) is 5.73 Å². The zero-order valence-corrected chi connectivity index (χ0v) is 11.1. The van der Waals surface area contributed by atoms with Crippen LogP contribution in [0.3, 0.4) is 0 Å². The highest BCUT2D eigenvalue weighted by atomic mass is 79.9. The number of nitrogens with zero attached hydrogens (tertiary/aromatic N) is 2. The second kappa shape index (κ2) is 5.24. The van der Waals surface area contributed by atoms with E-state index in [0.29, 0.717) is 12.4 Å².